The Bertz CT molecular complexity index is 813. The highest BCUT2D eigenvalue weighted by Gasteiger charge is 2.37. The quantitative estimate of drug-likeness (QED) is 0.380. The van der Waals surface area contributed by atoms with Crippen LogP contribution in [0.5, 0.6) is 0 Å². The number of hydrogen-bond donors (Lipinski definition) is 3. The molecule has 7 nitrogen and oxygen atoms in total. The molecule has 0 saturated heterocycles. The fourth-order valence-corrected chi connectivity index (χ4v) is 2.66. The molecule has 0 aliphatic heterocycles. The Kier molecular flexibility index (Phi) is 7.16. The zero-order chi connectivity index (χ0) is 20.7. The van der Waals surface area contributed by atoms with E-state index in [2.05, 4.69) is 5.32 Å². The highest BCUT2D eigenvalue weighted by Crippen LogP contribution is 2.20. The molecule has 0 heterocycles. The molecule has 0 aliphatic rings. The number of hydrogen-bond acceptors (Lipinski definition) is 4. The maximum atomic E-state index is 13.0. The SMILES string of the molecule is CNC(=O)C(C(=O)NO)N(CC(F)F)C(=O)c1ccc(-c2ccccc2)cc1. The van der Waals surface area contributed by atoms with Crippen LogP contribution in [0.2, 0.25) is 0 Å². The number of hydroxylamine groups is 1. The molecule has 28 heavy (non-hydrogen) atoms. The lowest BCUT2D eigenvalue weighted by Crippen LogP contribution is -2.57. The second-order valence-corrected chi connectivity index (χ2v) is 5.78. The van der Waals surface area contributed by atoms with E-state index in [1.54, 1.807) is 12.1 Å². The van der Waals surface area contributed by atoms with E-state index in [1.165, 1.54) is 24.7 Å². The lowest BCUT2D eigenvalue weighted by Gasteiger charge is -2.28. The van der Waals surface area contributed by atoms with Gasteiger partial charge < -0.3 is 10.2 Å². The molecule has 2 rings (SSSR count). The molecule has 0 aliphatic carbocycles. The first kappa shape index (κ1) is 21.0. The summed E-state index contributed by atoms with van der Waals surface area (Å²) in [6.45, 7) is -1.16. The van der Waals surface area contributed by atoms with Gasteiger partial charge in [0.15, 0.2) is 6.04 Å². The summed E-state index contributed by atoms with van der Waals surface area (Å²) in [7, 11) is 1.18. The predicted octanol–water partition coefficient (Wildman–Crippen LogP) is 1.68. The molecule has 3 amide bonds. The molecule has 0 bridgehead atoms. The lowest BCUT2D eigenvalue weighted by atomic mass is 10.0. The van der Waals surface area contributed by atoms with Crippen molar-refractivity contribution in [3.8, 4) is 11.1 Å². The van der Waals surface area contributed by atoms with Gasteiger partial charge in [0.25, 0.3) is 24.1 Å². The first-order valence-corrected chi connectivity index (χ1v) is 8.29. The van der Waals surface area contributed by atoms with Crippen LogP contribution < -0.4 is 10.8 Å². The van der Waals surface area contributed by atoms with Gasteiger partial charge in [-0.05, 0) is 23.3 Å². The van der Waals surface area contributed by atoms with E-state index in [0.29, 0.717) is 4.90 Å². The van der Waals surface area contributed by atoms with E-state index in [-0.39, 0.29) is 5.56 Å². The summed E-state index contributed by atoms with van der Waals surface area (Å²) < 4.78 is 26.0. The lowest BCUT2D eigenvalue weighted by molar-refractivity contribution is -0.141. The molecule has 3 N–H and O–H groups in total. The van der Waals surface area contributed by atoms with Gasteiger partial charge in [-0.15, -0.1) is 0 Å². The molecule has 1 unspecified atom stereocenters. The van der Waals surface area contributed by atoms with E-state index in [1.807, 2.05) is 30.3 Å². The Morgan fingerprint density at radius 2 is 1.54 bits per heavy atom. The van der Waals surface area contributed by atoms with Crippen LogP contribution in [0.15, 0.2) is 54.6 Å². The molecule has 1 atom stereocenters. The fraction of sp³-hybridized carbons (Fsp3) is 0.211. The van der Waals surface area contributed by atoms with Crippen molar-refractivity contribution in [2.45, 2.75) is 12.5 Å². The van der Waals surface area contributed by atoms with Crippen LogP contribution in [0, 0.1) is 0 Å². The maximum absolute atomic E-state index is 13.0. The van der Waals surface area contributed by atoms with Crippen LogP contribution in [0.1, 0.15) is 10.4 Å². The average Bonchev–Trinajstić information content (AvgIpc) is 2.72. The van der Waals surface area contributed by atoms with Crippen LogP contribution in [-0.2, 0) is 9.59 Å². The molecule has 9 heteroatoms. The average molecular weight is 391 g/mol. The summed E-state index contributed by atoms with van der Waals surface area (Å²) >= 11 is 0. The summed E-state index contributed by atoms with van der Waals surface area (Å²) in [6.07, 6.45) is -2.99. The van der Waals surface area contributed by atoms with Crippen LogP contribution in [-0.4, -0.2) is 53.9 Å². The molecule has 2 aromatic rings. The van der Waals surface area contributed by atoms with E-state index >= 15 is 0 Å². The molecule has 0 spiro atoms. The maximum Gasteiger partial charge on any atom is 0.275 e. The van der Waals surface area contributed by atoms with Crippen molar-refractivity contribution in [2.24, 2.45) is 0 Å². The Morgan fingerprint density at radius 3 is 2.04 bits per heavy atom. The van der Waals surface area contributed by atoms with Crippen molar-refractivity contribution in [1.29, 1.82) is 0 Å². The Hall–Kier alpha value is -3.33. The van der Waals surface area contributed by atoms with Crippen molar-refractivity contribution in [2.75, 3.05) is 13.6 Å². The topological polar surface area (TPSA) is 98.7 Å². The second-order valence-electron chi connectivity index (χ2n) is 5.78. The molecular weight excluding hydrogens is 372 g/mol. The third-order valence-corrected chi connectivity index (χ3v) is 4.00. The third-order valence-electron chi connectivity index (χ3n) is 4.00. The van der Waals surface area contributed by atoms with E-state index in [0.717, 1.165) is 11.1 Å². The molecule has 0 radical (unpaired) electrons. The molecular formula is C19H19F2N3O4. The molecule has 0 saturated carbocycles. The minimum Gasteiger partial charge on any atom is -0.357 e. The Labute approximate surface area is 159 Å². The standard InChI is InChI=1S/C19H19F2N3O4/c1-22-17(25)16(18(26)23-28)24(11-15(20)21)19(27)14-9-7-13(8-10-14)12-5-3-2-4-6-12/h2-10,15-16,28H,11H2,1H3,(H,22,25)(H,23,26). The Morgan fingerprint density at radius 1 is 0.964 bits per heavy atom. The molecule has 148 valence electrons. The number of alkyl halides is 2. The minimum atomic E-state index is -2.99. The van der Waals surface area contributed by atoms with Crippen LogP contribution in [0.3, 0.4) is 0 Å². The summed E-state index contributed by atoms with van der Waals surface area (Å²) in [5, 5.41) is 11.0. The van der Waals surface area contributed by atoms with E-state index in [4.69, 9.17) is 5.21 Å². The minimum absolute atomic E-state index is 0.0139. The zero-order valence-corrected chi connectivity index (χ0v) is 14.9. The van der Waals surface area contributed by atoms with Crippen LogP contribution >= 0.6 is 0 Å². The van der Waals surface area contributed by atoms with Crippen molar-refractivity contribution >= 4 is 17.7 Å². The zero-order valence-electron chi connectivity index (χ0n) is 14.9. The number of amides is 3. The number of halogens is 2. The van der Waals surface area contributed by atoms with Gasteiger partial charge in [0.1, 0.15) is 0 Å². The smallest absolute Gasteiger partial charge is 0.275 e. The molecule has 2 aromatic carbocycles. The van der Waals surface area contributed by atoms with Gasteiger partial charge in [0, 0.05) is 12.6 Å². The normalized spacial score (nSPS) is 11.6. The van der Waals surface area contributed by atoms with Gasteiger partial charge in [-0.2, -0.15) is 0 Å². The van der Waals surface area contributed by atoms with Gasteiger partial charge in [-0.25, -0.2) is 14.3 Å². The highest BCUT2D eigenvalue weighted by molar-refractivity contribution is 6.08. The predicted molar refractivity (Wildman–Crippen MR) is 96.7 cm³/mol. The largest absolute Gasteiger partial charge is 0.357 e. The summed E-state index contributed by atoms with van der Waals surface area (Å²) in [5.41, 5.74) is 2.94. The summed E-state index contributed by atoms with van der Waals surface area (Å²) in [4.78, 5) is 37.0. The monoisotopic (exact) mass is 391 g/mol. The van der Waals surface area contributed by atoms with Crippen LogP contribution in [0.4, 0.5) is 8.78 Å². The number of benzene rings is 2. The molecule has 0 fully saturated rings. The number of carbonyl (C=O) groups excluding carboxylic acids is 3. The summed E-state index contributed by atoms with van der Waals surface area (Å²) in [6, 6.07) is 13.4. The number of likely N-dealkylation sites (N-methyl/N-ethyl adjacent to an activating group) is 1. The van der Waals surface area contributed by atoms with Crippen LogP contribution in [0.25, 0.3) is 11.1 Å². The Balaban J connectivity index is 2.36. The van der Waals surface area contributed by atoms with Crippen molar-refractivity contribution < 1.29 is 28.4 Å². The van der Waals surface area contributed by atoms with Gasteiger partial charge in [0.2, 0.25) is 0 Å². The fourth-order valence-electron chi connectivity index (χ4n) is 2.66. The van der Waals surface area contributed by atoms with Gasteiger partial charge in [-0.3, -0.25) is 19.6 Å². The van der Waals surface area contributed by atoms with Crippen molar-refractivity contribution in [3.05, 3.63) is 60.2 Å². The number of rotatable bonds is 7. The number of nitrogens with zero attached hydrogens (tertiary/aromatic N) is 1. The van der Waals surface area contributed by atoms with Gasteiger partial charge >= 0.3 is 0 Å². The third kappa shape index (κ3) is 4.89. The van der Waals surface area contributed by atoms with Crippen molar-refractivity contribution in [1.82, 2.24) is 15.7 Å². The van der Waals surface area contributed by atoms with Gasteiger partial charge in [0.05, 0.1) is 6.54 Å². The molecule has 0 aromatic heterocycles. The highest BCUT2D eigenvalue weighted by atomic mass is 19.3. The number of carbonyl (C=O) groups is 3. The second kappa shape index (κ2) is 9.56. The van der Waals surface area contributed by atoms with Crippen molar-refractivity contribution in [3.63, 3.8) is 0 Å². The van der Waals surface area contributed by atoms with E-state index < -0.39 is 36.7 Å². The van der Waals surface area contributed by atoms with E-state index in [9.17, 15) is 23.2 Å². The number of nitrogens with one attached hydrogen (secondary N) is 2. The van der Waals surface area contributed by atoms with Gasteiger partial charge in [-0.1, -0.05) is 42.5 Å². The first-order valence-electron chi connectivity index (χ1n) is 8.29. The summed E-state index contributed by atoms with van der Waals surface area (Å²) in [5.74, 6) is -3.26. The first-order chi connectivity index (χ1) is 13.4.